The van der Waals surface area contributed by atoms with Crippen LogP contribution in [0.1, 0.15) is 41.7 Å². The molecule has 2 aromatic heterocycles. The molecule has 0 amide bonds. The van der Waals surface area contributed by atoms with Crippen molar-refractivity contribution in [1.29, 1.82) is 0 Å². The van der Waals surface area contributed by atoms with Gasteiger partial charge in [-0.1, -0.05) is 43.1 Å². The molecule has 0 unspecified atom stereocenters. The van der Waals surface area contributed by atoms with E-state index in [4.69, 9.17) is 21.1 Å². The van der Waals surface area contributed by atoms with Crippen molar-refractivity contribution in [2.24, 2.45) is 0 Å². The van der Waals surface area contributed by atoms with Gasteiger partial charge in [0.05, 0.1) is 32.7 Å². The Morgan fingerprint density at radius 1 is 1.23 bits per heavy atom. The summed E-state index contributed by atoms with van der Waals surface area (Å²) < 4.78 is 12.5. The number of methoxy groups -OCH3 is 2. The number of thiophene rings is 1. The summed E-state index contributed by atoms with van der Waals surface area (Å²) in [6.45, 7) is 2.75. The molecule has 0 saturated heterocycles. The summed E-state index contributed by atoms with van der Waals surface area (Å²) in [6, 6.07) is 11.7. The average Bonchev–Trinajstić information content (AvgIpc) is 3.39. The molecule has 0 N–H and O–H groups in total. The van der Waals surface area contributed by atoms with Crippen molar-refractivity contribution in [2.75, 3.05) is 14.2 Å². The van der Waals surface area contributed by atoms with Crippen LogP contribution < -0.4 is 4.74 Å². The van der Waals surface area contributed by atoms with E-state index in [9.17, 15) is 4.79 Å². The van der Waals surface area contributed by atoms with Gasteiger partial charge in [0.15, 0.2) is 5.06 Å². The van der Waals surface area contributed by atoms with Crippen LogP contribution in [0.15, 0.2) is 48.2 Å². The Bertz CT molecular complexity index is 1050. The molecule has 3 aromatic rings. The summed E-state index contributed by atoms with van der Waals surface area (Å²) >= 11 is 7.93. The van der Waals surface area contributed by atoms with E-state index in [-0.39, 0.29) is 5.97 Å². The van der Waals surface area contributed by atoms with Gasteiger partial charge in [0.25, 0.3) is 0 Å². The van der Waals surface area contributed by atoms with Gasteiger partial charge in [-0.05, 0) is 36.3 Å². The summed E-state index contributed by atoms with van der Waals surface area (Å²) in [6.07, 6.45) is 7.14. The first-order valence-corrected chi connectivity index (χ1v) is 11.4. The molecule has 1 aromatic carbocycles. The number of nitrogens with zero attached hydrogens (tertiary/aromatic N) is 2. The number of benzene rings is 1. The van der Waals surface area contributed by atoms with Crippen LogP contribution >= 0.6 is 22.9 Å². The molecule has 0 aliphatic heterocycles. The van der Waals surface area contributed by atoms with E-state index < -0.39 is 0 Å². The first-order valence-electron chi connectivity index (χ1n) is 10.2. The lowest BCUT2D eigenvalue weighted by Crippen LogP contribution is -2.10. The summed E-state index contributed by atoms with van der Waals surface area (Å²) in [5.41, 5.74) is 2.43. The fourth-order valence-corrected chi connectivity index (χ4v) is 4.34. The predicted molar refractivity (Wildman–Crippen MR) is 126 cm³/mol. The number of ether oxygens (including phenoxy) is 2. The first-order chi connectivity index (χ1) is 15.0. The number of hydrogen-bond acceptors (Lipinski definition) is 5. The predicted octanol–water partition coefficient (Wildman–Crippen LogP) is 5.80. The maximum Gasteiger partial charge on any atom is 0.334 e. The number of esters is 1. The molecule has 31 heavy (non-hydrogen) atoms. The second-order valence-corrected chi connectivity index (χ2v) is 8.68. The number of hydrogen-bond donors (Lipinski definition) is 0. The number of aromatic nitrogens is 2. The largest absolute Gasteiger partial charge is 0.487 e. The van der Waals surface area contributed by atoms with Crippen LogP contribution in [0.5, 0.6) is 5.06 Å². The maximum atomic E-state index is 12.5. The van der Waals surface area contributed by atoms with Crippen molar-refractivity contribution in [3.05, 3.63) is 75.1 Å². The van der Waals surface area contributed by atoms with E-state index in [1.54, 1.807) is 7.11 Å². The van der Waals surface area contributed by atoms with Gasteiger partial charge in [0.1, 0.15) is 5.82 Å². The van der Waals surface area contributed by atoms with Gasteiger partial charge < -0.3 is 14.0 Å². The SMILES string of the molecule is CCCCc1ncc(/C=C(\Cc2ccc(OC)s2)C(=O)OC)n1Cc1ccccc1Cl. The molecule has 0 fully saturated rings. The highest BCUT2D eigenvalue weighted by Crippen LogP contribution is 2.27. The first kappa shape index (κ1) is 23.1. The molecule has 2 heterocycles. The van der Waals surface area contributed by atoms with Crippen LogP contribution in [-0.2, 0) is 28.9 Å². The van der Waals surface area contributed by atoms with Gasteiger partial charge in [-0.2, -0.15) is 0 Å². The summed E-state index contributed by atoms with van der Waals surface area (Å²) in [4.78, 5) is 18.2. The van der Waals surface area contributed by atoms with Crippen LogP contribution in [0.4, 0.5) is 0 Å². The third-order valence-electron chi connectivity index (χ3n) is 4.98. The Morgan fingerprint density at radius 3 is 2.71 bits per heavy atom. The highest BCUT2D eigenvalue weighted by molar-refractivity contribution is 7.13. The van der Waals surface area contributed by atoms with Crippen LogP contribution in [0, 0.1) is 0 Å². The lowest BCUT2D eigenvalue weighted by molar-refractivity contribution is -0.136. The Labute approximate surface area is 192 Å². The second-order valence-electron chi connectivity index (χ2n) is 7.14. The zero-order valence-corrected chi connectivity index (χ0v) is 19.6. The van der Waals surface area contributed by atoms with Gasteiger partial charge in [0.2, 0.25) is 0 Å². The standard InChI is InChI=1S/C24H27ClN2O3S/c1-4-5-10-22-26-15-19(27(22)16-17-8-6-7-9-21(17)25)13-18(24(28)30-3)14-20-11-12-23(29-2)31-20/h6-9,11-13,15H,4-5,10,14,16H2,1-3H3/b18-13+. The maximum absolute atomic E-state index is 12.5. The van der Waals surface area contributed by atoms with Gasteiger partial charge in [-0.25, -0.2) is 9.78 Å². The van der Waals surface area contributed by atoms with Gasteiger partial charge in [-0.3, -0.25) is 0 Å². The molecule has 0 aliphatic rings. The van der Waals surface area contributed by atoms with E-state index in [1.807, 2.05) is 48.7 Å². The molecule has 0 bridgehead atoms. The van der Waals surface area contributed by atoms with Crippen molar-refractivity contribution in [1.82, 2.24) is 9.55 Å². The normalized spacial score (nSPS) is 11.5. The lowest BCUT2D eigenvalue weighted by Gasteiger charge is -2.13. The van der Waals surface area contributed by atoms with E-state index >= 15 is 0 Å². The van der Waals surface area contributed by atoms with Crippen LogP contribution in [0.25, 0.3) is 6.08 Å². The summed E-state index contributed by atoms with van der Waals surface area (Å²) in [7, 11) is 3.04. The lowest BCUT2D eigenvalue weighted by atomic mass is 10.1. The number of imidazole rings is 1. The Hall–Kier alpha value is -2.57. The van der Waals surface area contributed by atoms with E-state index in [1.165, 1.54) is 18.4 Å². The second kappa shape index (κ2) is 11.2. The van der Waals surface area contributed by atoms with Crippen molar-refractivity contribution in [3.8, 4) is 5.06 Å². The van der Waals surface area contributed by atoms with E-state index in [2.05, 4.69) is 16.5 Å². The van der Waals surface area contributed by atoms with Crippen molar-refractivity contribution in [3.63, 3.8) is 0 Å². The van der Waals surface area contributed by atoms with Crippen LogP contribution in [0.3, 0.4) is 0 Å². The van der Waals surface area contributed by atoms with Crippen LogP contribution in [0.2, 0.25) is 5.02 Å². The van der Waals surface area contributed by atoms with Gasteiger partial charge in [0, 0.05) is 28.3 Å². The highest BCUT2D eigenvalue weighted by Gasteiger charge is 2.16. The molecule has 0 saturated carbocycles. The van der Waals surface area contributed by atoms with Crippen molar-refractivity contribution >= 4 is 35.0 Å². The summed E-state index contributed by atoms with van der Waals surface area (Å²) in [5, 5.41) is 1.52. The number of rotatable bonds is 10. The molecule has 0 aliphatic carbocycles. The van der Waals surface area contributed by atoms with E-state index in [0.717, 1.165) is 46.3 Å². The fourth-order valence-electron chi connectivity index (χ4n) is 3.30. The van der Waals surface area contributed by atoms with Gasteiger partial charge >= 0.3 is 5.97 Å². The smallest absolute Gasteiger partial charge is 0.334 e. The molecule has 5 nitrogen and oxygen atoms in total. The topological polar surface area (TPSA) is 53.4 Å². The molecule has 7 heteroatoms. The quantitative estimate of drug-likeness (QED) is 0.284. The van der Waals surface area contributed by atoms with Crippen molar-refractivity contribution < 1.29 is 14.3 Å². The Kier molecular flexibility index (Phi) is 8.32. The molecule has 0 atom stereocenters. The monoisotopic (exact) mass is 458 g/mol. The van der Waals surface area contributed by atoms with Crippen LogP contribution in [-0.4, -0.2) is 29.7 Å². The average molecular weight is 459 g/mol. The van der Waals surface area contributed by atoms with Gasteiger partial charge in [-0.15, -0.1) is 11.3 Å². The third-order valence-corrected chi connectivity index (χ3v) is 6.40. The molecular weight excluding hydrogens is 432 g/mol. The third kappa shape index (κ3) is 5.99. The van der Waals surface area contributed by atoms with Crippen molar-refractivity contribution in [2.45, 2.75) is 39.2 Å². The Balaban J connectivity index is 1.98. The number of aryl methyl sites for hydroxylation is 1. The number of unbranched alkanes of at least 4 members (excludes halogenated alkanes) is 1. The number of halogens is 1. The molecular formula is C24H27ClN2O3S. The molecule has 164 valence electrons. The minimum absolute atomic E-state index is 0.354. The number of carbonyl (C=O) groups excluding carboxylic acids is 1. The fraction of sp³-hybridized carbons (Fsp3) is 0.333. The Morgan fingerprint density at radius 2 is 2.03 bits per heavy atom. The minimum Gasteiger partial charge on any atom is -0.487 e. The van der Waals surface area contributed by atoms with E-state index in [0.29, 0.717) is 23.6 Å². The highest BCUT2D eigenvalue weighted by atomic mass is 35.5. The number of carbonyl (C=O) groups is 1. The zero-order chi connectivity index (χ0) is 22.2. The molecule has 3 rings (SSSR count). The zero-order valence-electron chi connectivity index (χ0n) is 18.1. The molecule has 0 spiro atoms. The summed E-state index contributed by atoms with van der Waals surface area (Å²) in [5.74, 6) is 0.628. The minimum atomic E-state index is -0.354. The molecule has 0 radical (unpaired) electrons.